The number of carbonyl (C=O) groups is 1. The van der Waals surface area contributed by atoms with Crippen molar-refractivity contribution in [1.29, 1.82) is 0 Å². The molecule has 0 bridgehead atoms. The summed E-state index contributed by atoms with van der Waals surface area (Å²) in [7, 11) is 1.74. The van der Waals surface area contributed by atoms with E-state index in [2.05, 4.69) is 49.2 Å². The van der Waals surface area contributed by atoms with Crippen molar-refractivity contribution < 1.29 is 4.79 Å². The highest BCUT2D eigenvalue weighted by molar-refractivity contribution is 6.09. The second kappa shape index (κ2) is 9.55. The lowest BCUT2D eigenvalue weighted by atomic mass is 9.88. The molecule has 29 heavy (non-hydrogen) atoms. The quantitative estimate of drug-likeness (QED) is 0.761. The minimum atomic E-state index is 0.154. The van der Waals surface area contributed by atoms with Crippen LogP contribution in [0.1, 0.15) is 58.3 Å². The topological polar surface area (TPSA) is 58.7 Å². The number of aliphatic imine (C=N–C) groups is 1. The van der Waals surface area contributed by atoms with Crippen LogP contribution in [0.3, 0.4) is 0 Å². The van der Waals surface area contributed by atoms with Gasteiger partial charge in [-0.2, -0.15) is 0 Å². The van der Waals surface area contributed by atoms with E-state index in [1.807, 2.05) is 17.0 Å². The molecule has 0 aromatic heterocycles. The smallest absolute Gasteiger partial charge is 0.253 e. The molecule has 0 radical (unpaired) electrons. The van der Waals surface area contributed by atoms with E-state index in [1.165, 1.54) is 16.7 Å². The maximum Gasteiger partial charge on any atom is 0.253 e. The van der Waals surface area contributed by atoms with Crippen LogP contribution in [0.2, 0.25) is 0 Å². The third-order valence-electron chi connectivity index (χ3n) is 5.92. The van der Waals surface area contributed by atoms with Gasteiger partial charge in [0.05, 0.1) is 0 Å². The molecule has 2 aromatic carbocycles. The van der Waals surface area contributed by atoms with E-state index in [-0.39, 0.29) is 5.91 Å². The third kappa shape index (κ3) is 4.76. The Balaban J connectivity index is 1.63. The molecule has 1 saturated heterocycles. The van der Waals surface area contributed by atoms with Crippen molar-refractivity contribution in [3.8, 4) is 0 Å². The lowest BCUT2D eigenvalue weighted by molar-refractivity contribution is 0.0713. The number of amides is 1. The number of nitrogens with two attached hydrogens (primary N) is 1. The van der Waals surface area contributed by atoms with Gasteiger partial charge in [0.25, 0.3) is 5.91 Å². The number of aryl methyl sites for hydroxylation is 2. The fraction of sp³-hybridized carbons (Fsp3) is 0.360. The number of rotatable bonds is 5. The highest BCUT2D eigenvalue weighted by Crippen LogP contribution is 2.29. The van der Waals surface area contributed by atoms with Gasteiger partial charge in [-0.3, -0.25) is 9.79 Å². The van der Waals surface area contributed by atoms with Gasteiger partial charge in [-0.05, 0) is 66.5 Å². The second-order valence-corrected chi connectivity index (χ2v) is 7.69. The van der Waals surface area contributed by atoms with Crippen molar-refractivity contribution in [3.63, 3.8) is 0 Å². The van der Waals surface area contributed by atoms with E-state index in [0.29, 0.717) is 5.92 Å². The van der Waals surface area contributed by atoms with E-state index < -0.39 is 0 Å². The Bertz CT molecular complexity index is 904. The molecule has 2 aromatic rings. The van der Waals surface area contributed by atoms with E-state index in [0.717, 1.165) is 49.1 Å². The maximum absolute atomic E-state index is 12.9. The molecule has 0 aliphatic carbocycles. The summed E-state index contributed by atoms with van der Waals surface area (Å²) in [6.45, 7) is 5.83. The molecular weight excluding hydrogens is 358 g/mol. The number of hydrogen-bond donors (Lipinski definition) is 1. The monoisotopic (exact) mass is 389 g/mol. The third-order valence-corrected chi connectivity index (χ3v) is 5.92. The molecule has 1 fully saturated rings. The average Bonchev–Trinajstić information content (AvgIpc) is 2.77. The van der Waals surface area contributed by atoms with Crippen molar-refractivity contribution in [1.82, 2.24) is 4.90 Å². The van der Waals surface area contributed by atoms with Crippen LogP contribution in [0.5, 0.6) is 0 Å². The molecule has 0 unspecified atom stereocenters. The number of likely N-dealkylation sites (tertiary alicyclic amines) is 1. The van der Waals surface area contributed by atoms with Gasteiger partial charge in [0.1, 0.15) is 0 Å². The summed E-state index contributed by atoms with van der Waals surface area (Å²) in [6, 6.07) is 14.7. The fourth-order valence-corrected chi connectivity index (χ4v) is 4.12. The number of piperidine rings is 1. The summed E-state index contributed by atoms with van der Waals surface area (Å²) in [5, 5.41) is 0. The molecule has 1 aliphatic heterocycles. The summed E-state index contributed by atoms with van der Waals surface area (Å²) in [5.41, 5.74) is 12.3. The minimum Gasteiger partial charge on any atom is -0.404 e. The zero-order valence-corrected chi connectivity index (χ0v) is 17.7. The number of nitrogens with zero attached hydrogens (tertiary/aromatic N) is 2. The SMILES string of the molecule is CCc1ccc(C(=O)N2CCC(c3ccc(C(C=NC)=CN)cc3)CC2)cc1C. The molecule has 152 valence electrons. The van der Waals surface area contributed by atoms with Crippen molar-refractivity contribution in [2.45, 2.75) is 39.0 Å². The summed E-state index contributed by atoms with van der Waals surface area (Å²) in [6.07, 6.45) is 6.34. The van der Waals surface area contributed by atoms with Gasteiger partial charge in [-0.25, -0.2) is 0 Å². The van der Waals surface area contributed by atoms with Crippen LogP contribution in [-0.2, 0) is 6.42 Å². The van der Waals surface area contributed by atoms with Crippen molar-refractivity contribution in [2.75, 3.05) is 20.1 Å². The van der Waals surface area contributed by atoms with Crippen LogP contribution in [-0.4, -0.2) is 37.2 Å². The first-order valence-electron chi connectivity index (χ1n) is 10.4. The molecule has 0 spiro atoms. The highest BCUT2D eigenvalue weighted by Gasteiger charge is 2.24. The maximum atomic E-state index is 12.9. The van der Waals surface area contributed by atoms with Crippen LogP contribution >= 0.6 is 0 Å². The Kier molecular flexibility index (Phi) is 6.86. The normalized spacial score (nSPS) is 15.8. The molecule has 1 heterocycles. The van der Waals surface area contributed by atoms with E-state index in [9.17, 15) is 4.79 Å². The van der Waals surface area contributed by atoms with E-state index in [4.69, 9.17) is 5.73 Å². The predicted molar refractivity (Wildman–Crippen MR) is 121 cm³/mol. The van der Waals surface area contributed by atoms with Gasteiger partial charge < -0.3 is 10.6 Å². The highest BCUT2D eigenvalue weighted by atomic mass is 16.2. The summed E-state index contributed by atoms with van der Waals surface area (Å²) in [5.74, 6) is 0.642. The number of allylic oxidation sites excluding steroid dienone is 1. The molecule has 2 N–H and O–H groups in total. The molecule has 1 aliphatic rings. The first kappa shape index (κ1) is 20.8. The second-order valence-electron chi connectivity index (χ2n) is 7.69. The van der Waals surface area contributed by atoms with Crippen molar-refractivity contribution in [3.05, 3.63) is 76.5 Å². The minimum absolute atomic E-state index is 0.154. The summed E-state index contributed by atoms with van der Waals surface area (Å²) < 4.78 is 0. The number of carbonyl (C=O) groups excluding carboxylic acids is 1. The molecule has 1 amide bonds. The Morgan fingerprint density at radius 3 is 2.34 bits per heavy atom. The molecule has 3 rings (SSSR count). The summed E-state index contributed by atoms with van der Waals surface area (Å²) in [4.78, 5) is 19.0. The van der Waals surface area contributed by atoms with Crippen LogP contribution in [0.15, 0.2) is 53.7 Å². The average molecular weight is 390 g/mol. The standard InChI is InChI=1S/C25H31N3O/c1-4-19-5-10-23(15-18(19)2)25(29)28-13-11-22(12-14-28)20-6-8-21(9-7-20)24(16-26)17-27-3/h5-10,15-17,22H,4,11-14,26H2,1-3H3. The lowest BCUT2D eigenvalue weighted by Gasteiger charge is -2.32. The fourth-order valence-electron chi connectivity index (χ4n) is 4.12. The van der Waals surface area contributed by atoms with Gasteiger partial charge in [0.2, 0.25) is 0 Å². The summed E-state index contributed by atoms with van der Waals surface area (Å²) >= 11 is 0. The predicted octanol–water partition coefficient (Wildman–Crippen LogP) is 4.58. The molecule has 0 saturated carbocycles. The Labute approximate surface area is 174 Å². The van der Waals surface area contributed by atoms with Gasteiger partial charge in [0.15, 0.2) is 0 Å². The molecule has 0 atom stereocenters. The van der Waals surface area contributed by atoms with E-state index in [1.54, 1.807) is 19.5 Å². The number of hydrogen-bond acceptors (Lipinski definition) is 3. The Hall–Kier alpha value is -2.88. The van der Waals surface area contributed by atoms with Crippen LogP contribution < -0.4 is 5.73 Å². The zero-order chi connectivity index (χ0) is 20.8. The molecule has 4 heteroatoms. The molecular formula is C25H31N3O. The van der Waals surface area contributed by atoms with Crippen LogP contribution in [0.25, 0.3) is 5.57 Å². The largest absolute Gasteiger partial charge is 0.404 e. The first-order valence-corrected chi connectivity index (χ1v) is 10.4. The number of benzene rings is 2. The van der Waals surface area contributed by atoms with Crippen LogP contribution in [0.4, 0.5) is 0 Å². The Morgan fingerprint density at radius 2 is 1.79 bits per heavy atom. The lowest BCUT2D eigenvalue weighted by Crippen LogP contribution is -2.38. The van der Waals surface area contributed by atoms with Gasteiger partial charge in [0, 0.05) is 43.7 Å². The zero-order valence-electron chi connectivity index (χ0n) is 17.7. The van der Waals surface area contributed by atoms with Gasteiger partial charge in [-0.1, -0.05) is 37.3 Å². The first-order chi connectivity index (χ1) is 14.1. The van der Waals surface area contributed by atoms with Crippen LogP contribution in [0, 0.1) is 6.92 Å². The Morgan fingerprint density at radius 1 is 1.14 bits per heavy atom. The van der Waals surface area contributed by atoms with Crippen molar-refractivity contribution >= 4 is 17.7 Å². The van der Waals surface area contributed by atoms with E-state index >= 15 is 0 Å². The van der Waals surface area contributed by atoms with Gasteiger partial charge >= 0.3 is 0 Å². The van der Waals surface area contributed by atoms with Crippen molar-refractivity contribution in [2.24, 2.45) is 10.7 Å². The molecule has 4 nitrogen and oxygen atoms in total. The van der Waals surface area contributed by atoms with Gasteiger partial charge in [-0.15, -0.1) is 0 Å².